The second-order valence-electron chi connectivity index (χ2n) is 4.63. The number of nitrogens with zero attached hydrogens (tertiary/aromatic N) is 2. The summed E-state index contributed by atoms with van der Waals surface area (Å²) in [6.07, 6.45) is 1.29. The normalized spacial score (nSPS) is 25.9. The summed E-state index contributed by atoms with van der Waals surface area (Å²) in [5.41, 5.74) is 0. The molecular weight excluding hydrogens is 222 g/mol. The zero-order valence-electron chi connectivity index (χ0n) is 10.1. The van der Waals surface area contributed by atoms with E-state index in [0.717, 1.165) is 19.5 Å². The summed E-state index contributed by atoms with van der Waals surface area (Å²) in [5, 5.41) is 12.4. The topological polar surface area (TPSA) is 72.9 Å². The smallest absolute Gasteiger partial charge is 0.326 e. The first-order chi connectivity index (χ1) is 8.15. The second-order valence-corrected chi connectivity index (χ2v) is 4.63. The molecule has 2 amide bonds. The Balaban J connectivity index is 2.10. The van der Waals surface area contributed by atoms with E-state index in [0.29, 0.717) is 19.5 Å². The Kier molecular flexibility index (Phi) is 3.51. The number of carboxylic acids is 1. The van der Waals surface area contributed by atoms with Gasteiger partial charge in [0.25, 0.3) is 0 Å². The number of hydrogen-bond acceptors (Lipinski definition) is 3. The molecular formula is C11H19N3O3. The minimum Gasteiger partial charge on any atom is -0.480 e. The van der Waals surface area contributed by atoms with Crippen molar-refractivity contribution in [3.63, 3.8) is 0 Å². The molecule has 0 radical (unpaired) electrons. The highest BCUT2D eigenvalue weighted by Crippen LogP contribution is 2.21. The summed E-state index contributed by atoms with van der Waals surface area (Å²) < 4.78 is 0. The van der Waals surface area contributed by atoms with Gasteiger partial charge in [-0.1, -0.05) is 13.3 Å². The van der Waals surface area contributed by atoms with Crippen molar-refractivity contribution in [2.75, 3.05) is 26.2 Å². The number of fused-ring (bicyclic) bond motifs is 1. The molecule has 2 rings (SSSR count). The van der Waals surface area contributed by atoms with Gasteiger partial charge in [-0.05, 0) is 6.42 Å². The van der Waals surface area contributed by atoms with E-state index in [9.17, 15) is 14.7 Å². The first-order valence-corrected chi connectivity index (χ1v) is 6.16. The first-order valence-electron chi connectivity index (χ1n) is 6.16. The van der Waals surface area contributed by atoms with Gasteiger partial charge in [0.1, 0.15) is 6.04 Å². The standard InChI is InChI=1S/C11H19N3O3/c1-2-3-9(10(15)16)14-7-8-6-12-4-5-13(8)11(14)17/h8-9,12H,2-7H2,1H3,(H,15,16). The summed E-state index contributed by atoms with van der Waals surface area (Å²) in [4.78, 5) is 26.6. The fourth-order valence-electron chi connectivity index (χ4n) is 2.59. The molecule has 96 valence electrons. The zero-order valence-corrected chi connectivity index (χ0v) is 10.1. The van der Waals surface area contributed by atoms with Crippen molar-refractivity contribution in [2.45, 2.75) is 31.8 Å². The largest absolute Gasteiger partial charge is 0.480 e. The van der Waals surface area contributed by atoms with Crippen LogP contribution in [0, 0.1) is 0 Å². The van der Waals surface area contributed by atoms with Crippen molar-refractivity contribution < 1.29 is 14.7 Å². The van der Waals surface area contributed by atoms with Gasteiger partial charge in [0.2, 0.25) is 0 Å². The van der Waals surface area contributed by atoms with Crippen LogP contribution in [0.1, 0.15) is 19.8 Å². The van der Waals surface area contributed by atoms with Gasteiger partial charge in [0.05, 0.1) is 6.04 Å². The number of urea groups is 1. The molecule has 2 aliphatic heterocycles. The number of carbonyl (C=O) groups is 2. The Morgan fingerprint density at radius 2 is 2.41 bits per heavy atom. The van der Waals surface area contributed by atoms with Crippen LogP contribution in [0.5, 0.6) is 0 Å². The second kappa shape index (κ2) is 4.91. The Morgan fingerprint density at radius 3 is 3.00 bits per heavy atom. The van der Waals surface area contributed by atoms with Crippen LogP contribution in [-0.4, -0.2) is 65.2 Å². The van der Waals surface area contributed by atoms with Crippen molar-refractivity contribution in [3.8, 4) is 0 Å². The molecule has 2 unspecified atom stereocenters. The summed E-state index contributed by atoms with van der Waals surface area (Å²) >= 11 is 0. The fourth-order valence-corrected chi connectivity index (χ4v) is 2.59. The van der Waals surface area contributed by atoms with E-state index in [-0.39, 0.29) is 12.1 Å². The van der Waals surface area contributed by atoms with Crippen molar-refractivity contribution in [3.05, 3.63) is 0 Å². The van der Waals surface area contributed by atoms with Gasteiger partial charge in [-0.3, -0.25) is 0 Å². The number of hydrogen-bond donors (Lipinski definition) is 2. The molecule has 0 bridgehead atoms. The minimum absolute atomic E-state index is 0.114. The molecule has 6 heteroatoms. The SMILES string of the molecule is CCCC(C(=O)O)N1CC2CNCCN2C1=O. The number of piperazine rings is 1. The molecule has 0 spiro atoms. The lowest BCUT2D eigenvalue weighted by Gasteiger charge is -2.28. The van der Waals surface area contributed by atoms with Crippen LogP contribution in [0.15, 0.2) is 0 Å². The molecule has 0 aromatic heterocycles. The average Bonchev–Trinajstić information content (AvgIpc) is 2.64. The van der Waals surface area contributed by atoms with Crippen molar-refractivity contribution in [1.29, 1.82) is 0 Å². The monoisotopic (exact) mass is 241 g/mol. The Hall–Kier alpha value is -1.30. The number of carboxylic acid groups (broad SMARTS) is 1. The summed E-state index contributed by atoms with van der Waals surface area (Å²) in [5.74, 6) is -0.895. The van der Waals surface area contributed by atoms with E-state index in [1.165, 1.54) is 4.90 Å². The van der Waals surface area contributed by atoms with E-state index < -0.39 is 12.0 Å². The molecule has 0 aromatic rings. The summed E-state index contributed by atoms with van der Waals surface area (Å²) in [6.45, 7) is 4.70. The number of carbonyl (C=O) groups excluding carboxylic acids is 1. The highest BCUT2D eigenvalue weighted by Gasteiger charge is 2.43. The maximum absolute atomic E-state index is 12.1. The molecule has 6 nitrogen and oxygen atoms in total. The van der Waals surface area contributed by atoms with Crippen LogP contribution in [-0.2, 0) is 4.79 Å². The van der Waals surface area contributed by atoms with E-state index in [1.807, 2.05) is 6.92 Å². The van der Waals surface area contributed by atoms with Crippen LogP contribution < -0.4 is 5.32 Å². The molecule has 2 fully saturated rings. The van der Waals surface area contributed by atoms with Gasteiger partial charge in [0, 0.05) is 26.2 Å². The maximum atomic E-state index is 12.1. The fraction of sp³-hybridized carbons (Fsp3) is 0.818. The summed E-state index contributed by atoms with van der Waals surface area (Å²) in [7, 11) is 0. The van der Waals surface area contributed by atoms with Gasteiger partial charge >= 0.3 is 12.0 Å². The van der Waals surface area contributed by atoms with E-state index in [1.54, 1.807) is 4.90 Å². The first kappa shape index (κ1) is 12.2. The third-order valence-corrected chi connectivity index (χ3v) is 3.47. The highest BCUT2D eigenvalue weighted by molar-refractivity contribution is 5.84. The molecule has 2 aliphatic rings. The Bertz CT molecular complexity index is 321. The van der Waals surface area contributed by atoms with E-state index in [2.05, 4.69) is 5.32 Å². The van der Waals surface area contributed by atoms with Crippen molar-refractivity contribution >= 4 is 12.0 Å². The zero-order chi connectivity index (χ0) is 12.4. The average molecular weight is 241 g/mol. The van der Waals surface area contributed by atoms with Gasteiger partial charge in [-0.2, -0.15) is 0 Å². The molecule has 0 aromatic carbocycles. The lowest BCUT2D eigenvalue weighted by Crippen LogP contribution is -2.50. The predicted octanol–water partition coefficient (Wildman–Crippen LogP) is -0.0509. The van der Waals surface area contributed by atoms with Gasteiger partial charge in [0.15, 0.2) is 0 Å². The Morgan fingerprint density at radius 1 is 1.65 bits per heavy atom. The van der Waals surface area contributed by atoms with Crippen LogP contribution in [0.2, 0.25) is 0 Å². The van der Waals surface area contributed by atoms with Crippen LogP contribution in [0.4, 0.5) is 4.79 Å². The molecule has 2 heterocycles. The van der Waals surface area contributed by atoms with Crippen LogP contribution in [0.3, 0.4) is 0 Å². The highest BCUT2D eigenvalue weighted by atomic mass is 16.4. The minimum atomic E-state index is -0.895. The summed E-state index contributed by atoms with van der Waals surface area (Å²) in [6, 6.07) is -0.648. The number of amides is 2. The molecule has 2 N–H and O–H groups in total. The third-order valence-electron chi connectivity index (χ3n) is 3.47. The van der Waals surface area contributed by atoms with Gasteiger partial charge in [-0.25, -0.2) is 9.59 Å². The Labute approximate surface area is 101 Å². The molecule has 17 heavy (non-hydrogen) atoms. The lowest BCUT2D eigenvalue weighted by atomic mass is 10.1. The van der Waals surface area contributed by atoms with Gasteiger partial charge < -0.3 is 20.2 Å². The molecule has 2 saturated heterocycles. The maximum Gasteiger partial charge on any atom is 0.326 e. The number of nitrogens with one attached hydrogen (secondary N) is 1. The molecule has 0 saturated carbocycles. The predicted molar refractivity (Wildman–Crippen MR) is 61.8 cm³/mol. The van der Waals surface area contributed by atoms with Gasteiger partial charge in [-0.15, -0.1) is 0 Å². The third kappa shape index (κ3) is 2.22. The van der Waals surface area contributed by atoms with E-state index in [4.69, 9.17) is 0 Å². The number of aliphatic carboxylic acids is 1. The van der Waals surface area contributed by atoms with Crippen LogP contribution >= 0.6 is 0 Å². The number of rotatable bonds is 4. The molecule has 2 atom stereocenters. The molecule has 0 aliphatic carbocycles. The van der Waals surface area contributed by atoms with Crippen molar-refractivity contribution in [2.24, 2.45) is 0 Å². The lowest BCUT2D eigenvalue weighted by molar-refractivity contribution is -0.142. The van der Waals surface area contributed by atoms with Crippen molar-refractivity contribution in [1.82, 2.24) is 15.1 Å². The van der Waals surface area contributed by atoms with Crippen LogP contribution in [0.25, 0.3) is 0 Å². The quantitative estimate of drug-likeness (QED) is 0.723. The van der Waals surface area contributed by atoms with E-state index >= 15 is 0 Å².